The number of thioether (sulfide) groups is 1. The molecule has 2 saturated carbocycles. The van der Waals surface area contributed by atoms with E-state index in [1.807, 2.05) is 19.1 Å². The number of aliphatic hydroxyl groups is 1. The van der Waals surface area contributed by atoms with Gasteiger partial charge in [0.15, 0.2) is 5.78 Å². The van der Waals surface area contributed by atoms with Crippen molar-refractivity contribution < 1.29 is 9.90 Å². The first-order valence-electron chi connectivity index (χ1n) is 11.7. The Balaban J connectivity index is 1.50. The van der Waals surface area contributed by atoms with Crippen molar-refractivity contribution in [2.24, 2.45) is 28.6 Å². The lowest BCUT2D eigenvalue weighted by atomic mass is 9.45. The third kappa shape index (κ3) is 3.07. The van der Waals surface area contributed by atoms with Crippen LogP contribution in [0.25, 0.3) is 0 Å². The number of Topliss-reactive ketones (excluding diaryl/α,β-unsaturated/α-hetero) is 1. The Kier molecular flexibility index (Phi) is 4.95. The van der Waals surface area contributed by atoms with Crippen molar-refractivity contribution in [2.45, 2.75) is 63.4 Å². The molecule has 0 bridgehead atoms. The molecule has 4 aliphatic carbocycles. The van der Waals surface area contributed by atoms with Crippen LogP contribution in [0.4, 0.5) is 0 Å². The number of carbonyl (C=O) groups excluding carboxylic acids is 1. The number of rotatable bonds is 3. The van der Waals surface area contributed by atoms with Crippen LogP contribution in [-0.4, -0.2) is 22.2 Å². The molecule has 0 spiro atoms. The highest BCUT2D eigenvalue weighted by atomic mass is 32.2. The molecule has 1 aromatic rings. The van der Waals surface area contributed by atoms with Gasteiger partial charge in [-0.2, -0.15) is 0 Å². The first-order valence-corrected chi connectivity index (χ1v) is 12.7. The molecule has 0 amide bonds. The van der Waals surface area contributed by atoms with Crippen LogP contribution in [-0.2, 0) is 4.79 Å². The fourth-order valence-electron chi connectivity index (χ4n) is 7.38. The molecule has 31 heavy (non-hydrogen) atoms. The van der Waals surface area contributed by atoms with Crippen LogP contribution in [0.5, 0.6) is 0 Å². The third-order valence-corrected chi connectivity index (χ3v) is 10.4. The van der Waals surface area contributed by atoms with Crippen LogP contribution in [0.15, 0.2) is 70.7 Å². The second-order valence-corrected chi connectivity index (χ2v) is 11.9. The maximum atomic E-state index is 13.1. The van der Waals surface area contributed by atoms with Crippen LogP contribution in [0.1, 0.15) is 52.9 Å². The largest absolute Gasteiger partial charge is 0.385 e. The van der Waals surface area contributed by atoms with Gasteiger partial charge in [0.25, 0.3) is 0 Å². The van der Waals surface area contributed by atoms with Crippen molar-refractivity contribution >= 4 is 17.5 Å². The van der Waals surface area contributed by atoms with Gasteiger partial charge in [0.05, 0.1) is 5.60 Å². The van der Waals surface area contributed by atoms with E-state index in [-0.39, 0.29) is 10.8 Å². The van der Waals surface area contributed by atoms with E-state index in [0.717, 1.165) is 37.0 Å². The summed E-state index contributed by atoms with van der Waals surface area (Å²) in [5.41, 5.74) is 2.66. The smallest absolute Gasteiger partial charge is 0.160 e. The molecule has 6 atom stereocenters. The quantitative estimate of drug-likeness (QED) is 0.443. The molecule has 164 valence electrons. The number of ketones is 1. The van der Waals surface area contributed by atoms with Crippen LogP contribution >= 0.6 is 11.8 Å². The van der Waals surface area contributed by atoms with Crippen molar-refractivity contribution in [1.82, 2.24) is 0 Å². The van der Waals surface area contributed by atoms with Crippen molar-refractivity contribution in [3.8, 4) is 0 Å². The summed E-state index contributed by atoms with van der Waals surface area (Å²) in [4.78, 5) is 14.3. The van der Waals surface area contributed by atoms with Gasteiger partial charge in [-0.3, -0.25) is 4.79 Å². The zero-order valence-electron chi connectivity index (χ0n) is 19.0. The van der Waals surface area contributed by atoms with Gasteiger partial charge in [-0.25, -0.2) is 0 Å². The lowest BCUT2D eigenvalue weighted by Crippen LogP contribution is -2.55. The van der Waals surface area contributed by atoms with E-state index in [2.05, 4.69) is 50.8 Å². The normalized spacial score (nSPS) is 41.7. The molecule has 1 N–H and O–H groups in total. The summed E-state index contributed by atoms with van der Waals surface area (Å²) in [6, 6.07) is 10.4. The molecule has 0 unspecified atom stereocenters. The van der Waals surface area contributed by atoms with E-state index in [1.54, 1.807) is 11.8 Å². The van der Waals surface area contributed by atoms with E-state index in [1.165, 1.54) is 16.0 Å². The molecule has 3 heteroatoms. The summed E-state index contributed by atoms with van der Waals surface area (Å²) in [5.74, 6) is 2.49. The maximum absolute atomic E-state index is 13.1. The minimum atomic E-state index is -0.735. The lowest BCUT2D eigenvalue weighted by Gasteiger charge is -2.59. The molecular formula is C28H34O2S. The van der Waals surface area contributed by atoms with Crippen molar-refractivity contribution in [3.05, 3.63) is 65.8 Å². The minimum absolute atomic E-state index is 0.0180. The minimum Gasteiger partial charge on any atom is -0.385 e. The summed E-state index contributed by atoms with van der Waals surface area (Å²) in [6.07, 6.45) is 9.03. The van der Waals surface area contributed by atoms with Crippen LogP contribution in [0.2, 0.25) is 0 Å². The van der Waals surface area contributed by atoms with Gasteiger partial charge >= 0.3 is 0 Å². The van der Waals surface area contributed by atoms with Crippen molar-refractivity contribution in [3.63, 3.8) is 0 Å². The average molecular weight is 435 g/mol. The Morgan fingerprint density at radius 3 is 2.65 bits per heavy atom. The molecular weight excluding hydrogens is 400 g/mol. The summed E-state index contributed by atoms with van der Waals surface area (Å²) < 4.78 is 0. The molecule has 0 radical (unpaired) electrons. The van der Waals surface area contributed by atoms with E-state index in [0.29, 0.717) is 30.0 Å². The van der Waals surface area contributed by atoms with E-state index < -0.39 is 5.60 Å². The predicted octanol–water partition coefficient (Wildman–Crippen LogP) is 6.37. The molecule has 0 aromatic heterocycles. The predicted molar refractivity (Wildman–Crippen MR) is 128 cm³/mol. The molecule has 1 aromatic carbocycles. The van der Waals surface area contributed by atoms with Gasteiger partial charge in [0, 0.05) is 28.1 Å². The van der Waals surface area contributed by atoms with Crippen molar-refractivity contribution in [2.75, 3.05) is 5.75 Å². The summed E-state index contributed by atoms with van der Waals surface area (Å²) in [6.45, 7) is 11.2. The molecule has 0 saturated heterocycles. The van der Waals surface area contributed by atoms with Crippen molar-refractivity contribution in [1.29, 1.82) is 0 Å². The van der Waals surface area contributed by atoms with Gasteiger partial charge in [-0.15, -0.1) is 11.8 Å². The highest BCUT2D eigenvalue weighted by molar-refractivity contribution is 7.99. The lowest BCUT2D eigenvalue weighted by molar-refractivity contribution is -0.120. The van der Waals surface area contributed by atoms with Crippen LogP contribution in [0.3, 0.4) is 0 Å². The molecule has 4 aliphatic rings. The molecule has 2 nitrogen and oxygen atoms in total. The Morgan fingerprint density at radius 2 is 1.90 bits per heavy atom. The van der Waals surface area contributed by atoms with Crippen LogP contribution in [0, 0.1) is 28.6 Å². The monoisotopic (exact) mass is 434 g/mol. The molecule has 2 fully saturated rings. The number of allylic oxidation sites excluding steroid dienone is 3. The van der Waals surface area contributed by atoms with E-state index in [9.17, 15) is 9.90 Å². The molecule has 0 heterocycles. The van der Waals surface area contributed by atoms with Gasteiger partial charge < -0.3 is 5.11 Å². The molecule has 5 rings (SSSR count). The number of hydrogen-bond donors (Lipinski definition) is 1. The number of fused-ring (bicyclic) bond motifs is 5. The number of hydrogen-bond acceptors (Lipinski definition) is 3. The Morgan fingerprint density at radius 1 is 1.16 bits per heavy atom. The standard InChI is InChI=1S/C28H34O2S/c1-18-16-20-22(10-14-27(3)23(20)11-15-28(27,4)30)26(2)13-12-24(29)21(25(18)26)17-31-19-8-6-5-7-9-19/h5-9,11,15,20,22-23,30H,1,10,12-14,16-17H2,2-4H3/t20-,22+,23+,26-,27+,28+/m1/s1. The van der Waals surface area contributed by atoms with Gasteiger partial charge in [-0.1, -0.05) is 56.4 Å². The van der Waals surface area contributed by atoms with E-state index >= 15 is 0 Å². The first-order chi connectivity index (χ1) is 14.7. The van der Waals surface area contributed by atoms with Gasteiger partial charge in [0.1, 0.15) is 0 Å². The zero-order chi connectivity index (χ0) is 22.0. The van der Waals surface area contributed by atoms with E-state index in [4.69, 9.17) is 0 Å². The number of benzene rings is 1. The second kappa shape index (κ2) is 7.22. The zero-order valence-corrected chi connectivity index (χ0v) is 19.8. The van der Waals surface area contributed by atoms with Gasteiger partial charge in [-0.05, 0) is 73.5 Å². The van der Waals surface area contributed by atoms with Crippen LogP contribution < -0.4 is 0 Å². The Labute approximate surface area is 190 Å². The topological polar surface area (TPSA) is 37.3 Å². The summed E-state index contributed by atoms with van der Waals surface area (Å²) in [5, 5.41) is 11.1. The Hall–Kier alpha value is -1.58. The summed E-state index contributed by atoms with van der Waals surface area (Å²) >= 11 is 1.77. The highest BCUT2D eigenvalue weighted by Crippen LogP contribution is 2.67. The molecule has 0 aliphatic heterocycles. The first kappa shape index (κ1) is 21.3. The SMILES string of the molecule is C=C1C[C@@H]2[C@H](CC[C@@]3(C)[C@H]2C=C[C@]3(C)O)[C@@]2(C)CCC(=O)C(CSc3ccccc3)=C12. The Bertz CT molecular complexity index is 988. The number of carbonyl (C=O) groups is 1. The fourth-order valence-corrected chi connectivity index (χ4v) is 8.34. The average Bonchev–Trinajstić information content (AvgIpc) is 2.98. The maximum Gasteiger partial charge on any atom is 0.160 e. The summed E-state index contributed by atoms with van der Waals surface area (Å²) in [7, 11) is 0. The second-order valence-electron chi connectivity index (χ2n) is 10.9. The highest BCUT2D eigenvalue weighted by Gasteiger charge is 2.61. The third-order valence-electron chi connectivity index (χ3n) is 9.33. The fraction of sp³-hybridized carbons (Fsp3) is 0.536. The van der Waals surface area contributed by atoms with Gasteiger partial charge in [0.2, 0.25) is 0 Å².